The molecule has 10 aromatic rings. The molecule has 12 rings (SSSR count). The second-order valence-electron chi connectivity index (χ2n) is 17.0. The van der Waals surface area contributed by atoms with Crippen LogP contribution in [0.5, 0.6) is 11.5 Å². The van der Waals surface area contributed by atoms with Gasteiger partial charge in [0.15, 0.2) is 11.6 Å². The summed E-state index contributed by atoms with van der Waals surface area (Å²) < 4.78 is 6.78. The highest BCUT2D eigenvalue weighted by atomic mass is 32.2. The van der Waals surface area contributed by atoms with Crippen molar-refractivity contribution in [2.75, 3.05) is 0 Å². The zero-order chi connectivity index (χ0) is 43.5. The number of fused-ring (bicyclic) bond motifs is 5. The zero-order valence-electron chi connectivity index (χ0n) is 35.7. The van der Waals surface area contributed by atoms with Gasteiger partial charge in [0, 0.05) is 44.4 Å². The van der Waals surface area contributed by atoms with Gasteiger partial charge < -0.3 is 4.74 Å². The van der Waals surface area contributed by atoms with Crippen molar-refractivity contribution >= 4 is 11.8 Å². The van der Waals surface area contributed by atoms with Gasteiger partial charge in [-0.2, -0.15) is 0 Å². The molecule has 0 amide bonds. The lowest BCUT2D eigenvalue weighted by atomic mass is 9.82. The van der Waals surface area contributed by atoms with Crippen molar-refractivity contribution in [1.82, 2.24) is 19.9 Å². The molecule has 6 heteroatoms. The minimum absolute atomic E-state index is 0.164. The summed E-state index contributed by atoms with van der Waals surface area (Å²) in [5.41, 5.74) is 16.0. The molecular formula is C59H40N4OS. The van der Waals surface area contributed by atoms with Gasteiger partial charge in [-0.25, -0.2) is 19.9 Å². The molecule has 0 fully saturated rings. The van der Waals surface area contributed by atoms with Crippen LogP contribution < -0.4 is 4.74 Å². The van der Waals surface area contributed by atoms with Gasteiger partial charge in [-0.05, 0) is 70.3 Å². The Morgan fingerprint density at radius 3 is 1.62 bits per heavy atom. The first-order valence-electron chi connectivity index (χ1n) is 21.9. The van der Waals surface area contributed by atoms with Crippen LogP contribution in [0.2, 0.25) is 0 Å². The SMILES string of the molecule is CC1(C)c2ccccc2-c2ccc(-c3nc(-c4ccccc4)cc(-c4ccc(-c5cccc6c5Oc5ccccc5S6)c(-c5cc(-c6ccccc6)nc(-c6ccccc6)n5)c4)n3)cc21. The van der Waals surface area contributed by atoms with Crippen LogP contribution in [-0.4, -0.2) is 19.9 Å². The maximum atomic E-state index is 6.78. The quantitative estimate of drug-likeness (QED) is 0.159. The fourth-order valence-corrected chi connectivity index (χ4v) is 10.3. The molecule has 1 aliphatic heterocycles. The largest absolute Gasteiger partial charge is 0.454 e. The van der Waals surface area contributed by atoms with Crippen molar-refractivity contribution in [2.24, 2.45) is 0 Å². The molecule has 2 aromatic heterocycles. The lowest BCUT2D eigenvalue weighted by molar-refractivity contribution is 0.456. The number of rotatable bonds is 7. The number of nitrogens with zero attached hydrogens (tertiary/aromatic N) is 4. The third-order valence-electron chi connectivity index (χ3n) is 12.6. The molecule has 0 bridgehead atoms. The standard InChI is InChI=1S/C59H40N4OS/c1-59(2)47-25-13-12-23-43(47)44-32-30-41(34-48(44)59)58-61-49(37-17-6-3-7-18-37)35-51(62-58)40-29-31-42(45-24-16-28-55-56(45)64-53-26-14-15-27-54(53)65-55)46(33-40)52-36-50(38-19-8-4-9-20-38)60-57(63-52)39-21-10-5-11-22-39/h3-36H,1-2H3. The van der Waals surface area contributed by atoms with E-state index in [9.17, 15) is 0 Å². The normalized spacial score (nSPS) is 13.0. The Kier molecular flexibility index (Phi) is 9.35. The van der Waals surface area contributed by atoms with E-state index in [0.29, 0.717) is 11.6 Å². The number of para-hydroxylation sites is 2. The van der Waals surface area contributed by atoms with Gasteiger partial charge in [0.2, 0.25) is 0 Å². The van der Waals surface area contributed by atoms with Gasteiger partial charge in [-0.15, -0.1) is 0 Å². The second-order valence-corrected chi connectivity index (χ2v) is 18.1. The van der Waals surface area contributed by atoms with Gasteiger partial charge >= 0.3 is 0 Å². The molecule has 308 valence electrons. The molecule has 5 nitrogen and oxygen atoms in total. The van der Waals surface area contributed by atoms with Gasteiger partial charge in [0.25, 0.3) is 0 Å². The highest BCUT2D eigenvalue weighted by Gasteiger charge is 2.35. The van der Waals surface area contributed by atoms with Gasteiger partial charge in [-0.1, -0.05) is 189 Å². The molecule has 65 heavy (non-hydrogen) atoms. The Bertz CT molecular complexity index is 3400. The number of benzene rings is 8. The van der Waals surface area contributed by atoms with Crippen LogP contribution >= 0.6 is 11.8 Å². The smallest absolute Gasteiger partial charge is 0.160 e. The molecule has 0 saturated heterocycles. The van der Waals surface area contributed by atoms with E-state index in [-0.39, 0.29) is 5.41 Å². The molecule has 0 N–H and O–H groups in total. The average Bonchev–Trinajstić information content (AvgIpc) is 3.60. The predicted octanol–water partition coefficient (Wildman–Crippen LogP) is 15.5. The maximum Gasteiger partial charge on any atom is 0.160 e. The summed E-state index contributed by atoms with van der Waals surface area (Å²) in [7, 11) is 0. The topological polar surface area (TPSA) is 60.8 Å². The van der Waals surface area contributed by atoms with Crippen LogP contribution in [0, 0.1) is 0 Å². The first kappa shape index (κ1) is 38.7. The van der Waals surface area contributed by atoms with E-state index >= 15 is 0 Å². The van der Waals surface area contributed by atoms with Crippen LogP contribution in [0.4, 0.5) is 0 Å². The molecule has 0 radical (unpaired) electrons. The molecule has 0 atom stereocenters. The zero-order valence-corrected chi connectivity index (χ0v) is 36.6. The maximum absolute atomic E-state index is 6.78. The Morgan fingerprint density at radius 1 is 0.354 bits per heavy atom. The van der Waals surface area contributed by atoms with Crippen LogP contribution in [0.25, 0.3) is 90.1 Å². The second kappa shape index (κ2) is 15.7. The van der Waals surface area contributed by atoms with E-state index in [2.05, 4.69) is 166 Å². The van der Waals surface area contributed by atoms with Crippen molar-refractivity contribution in [3.8, 4) is 102 Å². The fraction of sp³-hybridized carbons (Fsp3) is 0.0508. The van der Waals surface area contributed by atoms with E-state index < -0.39 is 0 Å². The molecular weight excluding hydrogens is 813 g/mol. The summed E-state index contributed by atoms with van der Waals surface area (Å²) in [6.07, 6.45) is 0. The Hall–Kier alpha value is -7.93. The summed E-state index contributed by atoms with van der Waals surface area (Å²) in [6, 6.07) is 71.8. The summed E-state index contributed by atoms with van der Waals surface area (Å²) in [5.74, 6) is 2.98. The molecule has 2 aliphatic rings. The van der Waals surface area contributed by atoms with Crippen LogP contribution in [0.15, 0.2) is 216 Å². The van der Waals surface area contributed by atoms with E-state index in [1.807, 2.05) is 54.6 Å². The third kappa shape index (κ3) is 6.91. The van der Waals surface area contributed by atoms with Gasteiger partial charge in [0.1, 0.15) is 11.5 Å². The van der Waals surface area contributed by atoms with Gasteiger partial charge in [-0.3, -0.25) is 0 Å². The first-order chi connectivity index (χ1) is 31.9. The molecule has 0 saturated carbocycles. The number of aromatic nitrogens is 4. The van der Waals surface area contributed by atoms with E-state index in [4.69, 9.17) is 24.7 Å². The van der Waals surface area contributed by atoms with Crippen molar-refractivity contribution < 1.29 is 4.74 Å². The number of ether oxygens (including phenoxy) is 1. The summed E-state index contributed by atoms with van der Waals surface area (Å²) in [5, 5.41) is 0. The number of hydrogen-bond donors (Lipinski definition) is 0. The van der Waals surface area contributed by atoms with E-state index in [0.717, 1.165) is 88.6 Å². The lowest BCUT2D eigenvalue weighted by Crippen LogP contribution is -2.15. The first-order valence-corrected chi connectivity index (χ1v) is 22.7. The summed E-state index contributed by atoms with van der Waals surface area (Å²) in [6.45, 7) is 4.62. The van der Waals surface area contributed by atoms with Crippen molar-refractivity contribution in [1.29, 1.82) is 0 Å². The van der Waals surface area contributed by atoms with E-state index in [1.165, 1.54) is 22.3 Å². The summed E-state index contributed by atoms with van der Waals surface area (Å²) >= 11 is 1.73. The molecule has 3 heterocycles. The van der Waals surface area contributed by atoms with Crippen LogP contribution in [0.1, 0.15) is 25.0 Å². The minimum atomic E-state index is -0.164. The number of hydrogen-bond acceptors (Lipinski definition) is 6. The highest BCUT2D eigenvalue weighted by Crippen LogP contribution is 2.53. The monoisotopic (exact) mass is 852 g/mol. The average molecular weight is 853 g/mol. The molecule has 0 spiro atoms. The predicted molar refractivity (Wildman–Crippen MR) is 264 cm³/mol. The Labute approximate surface area is 382 Å². The van der Waals surface area contributed by atoms with Crippen LogP contribution in [0.3, 0.4) is 0 Å². The fourth-order valence-electron chi connectivity index (χ4n) is 9.29. The lowest BCUT2D eigenvalue weighted by Gasteiger charge is -2.23. The third-order valence-corrected chi connectivity index (χ3v) is 13.7. The molecule has 0 unspecified atom stereocenters. The minimum Gasteiger partial charge on any atom is -0.454 e. The van der Waals surface area contributed by atoms with E-state index in [1.54, 1.807) is 11.8 Å². The summed E-state index contributed by atoms with van der Waals surface area (Å²) in [4.78, 5) is 23.4. The molecule has 1 aliphatic carbocycles. The van der Waals surface area contributed by atoms with Crippen molar-refractivity contribution in [3.05, 3.63) is 217 Å². The van der Waals surface area contributed by atoms with Crippen molar-refractivity contribution in [3.63, 3.8) is 0 Å². The Morgan fingerprint density at radius 2 is 0.877 bits per heavy atom. The van der Waals surface area contributed by atoms with Gasteiger partial charge in [0.05, 0.1) is 32.6 Å². The molecule has 8 aromatic carbocycles. The van der Waals surface area contributed by atoms with Crippen LogP contribution in [-0.2, 0) is 5.41 Å². The Balaban J connectivity index is 1.08. The van der Waals surface area contributed by atoms with Crippen molar-refractivity contribution in [2.45, 2.75) is 29.1 Å². The highest BCUT2D eigenvalue weighted by molar-refractivity contribution is 7.99.